The summed E-state index contributed by atoms with van der Waals surface area (Å²) in [5.74, 6) is -0.283. The maximum Gasteiger partial charge on any atom is 0.416 e. The molecule has 0 spiro atoms. The van der Waals surface area contributed by atoms with Gasteiger partial charge in [-0.05, 0) is 30.2 Å². The Labute approximate surface area is 195 Å². The van der Waals surface area contributed by atoms with Gasteiger partial charge in [-0.1, -0.05) is 24.3 Å². The first-order valence-corrected chi connectivity index (χ1v) is 10.9. The van der Waals surface area contributed by atoms with Gasteiger partial charge in [-0.25, -0.2) is 0 Å². The number of halogens is 3. The Morgan fingerprint density at radius 3 is 2.71 bits per heavy atom. The van der Waals surface area contributed by atoms with E-state index in [1.54, 1.807) is 0 Å². The van der Waals surface area contributed by atoms with Crippen molar-refractivity contribution in [1.29, 1.82) is 0 Å². The largest absolute Gasteiger partial charge is 0.416 e. The van der Waals surface area contributed by atoms with Crippen LogP contribution in [-0.2, 0) is 28.8 Å². The number of amides is 1. The van der Waals surface area contributed by atoms with Gasteiger partial charge in [0.1, 0.15) is 5.69 Å². The van der Waals surface area contributed by atoms with Crippen LogP contribution in [-0.4, -0.2) is 48.1 Å². The molecule has 8 nitrogen and oxygen atoms in total. The van der Waals surface area contributed by atoms with Crippen LogP contribution in [0.15, 0.2) is 42.5 Å². The Hall–Kier alpha value is -3.18. The molecule has 0 radical (unpaired) electrons. The summed E-state index contributed by atoms with van der Waals surface area (Å²) in [7, 11) is 0. The molecule has 2 aromatic carbocycles. The van der Waals surface area contributed by atoms with Crippen molar-refractivity contribution in [1.82, 2.24) is 10.2 Å². The van der Waals surface area contributed by atoms with Crippen LogP contribution in [0.5, 0.6) is 0 Å². The van der Waals surface area contributed by atoms with Crippen molar-refractivity contribution in [3.63, 3.8) is 0 Å². The summed E-state index contributed by atoms with van der Waals surface area (Å²) in [6.07, 6.45) is -4.47. The second kappa shape index (κ2) is 11.3. The highest BCUT2D eigenvalue weighted by Crippen LogP contribution is 2.34. The molecule has 1 unspecified atom stereocenters. The first kappa shape index (κ1) is 25.4. The normalized spacial score (nSPS) is 16.8. The van der Waals surface area contributed by atoms with Crippen molar-refractivity contribution in [2.24, 2.45) is 0 Å². The molecule has 1 fully saturated rings. The number of alkyl halides is 3. The Kier molecular flexibility index (Phi) is 8.46. The maximum absolute atomic E-state index is 12.8. The highest BCUT2D eigenvalue weighted by Gasteiger charge is 2.33. The van der Waals surface area contributed by atoms with E-state index in [2.05, 4.69) is 15.5 Å². The molecule has 2 aromatic rings. The van der Waals surface area contributed by atoms with Crippen molar-refractivity contribution in [2.45, 2.75) is 38.7 Å². The topological polar surface area (TPSA) is 96.7 Å². The molecule has 2 N–H and O–H groups in total. The SMILES string of the molecule is CC1CN(Cc2cccc(CNC(=O)CCNc3ccc(C(F)(F)F)cc3[N+](=O)[O-])c2)CCO1. The zero-order valence-electron chi connectivity index (χ0n) is 18.7. The fourth-order valence-electron chi connectivity index (χ4n) is 3.74. The van der Waals surface area contributed by atoms with E-state index in [0.717, 1.165) is 42.9 Å². The van der Waals surface area contributed by atoms with Gasteiger partial charge in [0.05, 0.1) is 23.2 Å². The zero-order valence-corrected chi connectivity index (χ0v) is 18.7. The average Bonchev–Trinajstić information content (AvgIpc) is 2.77. The van der Waals surface area contributed by atoms with Crippen LogP contribution in [0.1, 0.15) is 30.0 Å². The van der Waals surface area contributed by atoms with Crippen molar-refractivity contribution in [2.75, 3.05) is 31.6 Å². The van der Waals surface area contributed by atoms with Crippen LogP contribution in [0, 0.1) is 10.1 Å². The predicted molar refractivity (Wildman–Crippen MR) is 120 cm³/mol. The first-order valence-electron chi connectivity index (χ1n) is 10.9. The smallest absolute Gasteiger partial charge is 0.379 e. The van der Waals surface area contributed by atoms with E-state index in [4.69, 9.17) is 4.74 Å². The molecule has 184 valence electrons. The number of hydrogen-bond donors (Lipinski definition) is 2. The minimum Gasteiger partial charge on any atom is -0.379 e. The van der Waals surface area contributed by atoms with Crippen molar-refractivity contribution in [3.8, 4) is 0 Å². The molecule has 0 saturated carbocycles. The molecule has 1 saturated heterocycles. The van der Waals surface area contributed by atoms with Crippen LogP contribution in [0.3, 0.4) is 0 Å². The van der Waals surface area contributed by atoms with Crippen LogP contribution < -0.4 is 10.6 Å². The standard InChI is InChI=1S/C23H27F3N4O4/c1-16-14-29(9-10-34-16)15-18-4-2-3-17(11-18)13-28-22(31)7-8-27-20-6-5-19(23(24,25)26)12-21(20)30(32)33/h2-6,11-12,16,27H,7-10,13-15H2,1H3,(H,28,31). The number of nitrogens with zero attached hydrogens (tertiary/aromatic N) is 2. The monoisotopic (exact) mass is 480 g/mol. The van der Waals surface area contributed by atoms with Gasteiger partial charge in [0.25, 0.3) is 5.69 Å². The molecule has 34 heavy (non-hydrogen) atoms. The lowest BCUT2D eigenvalue weighted by Gasteiger charge is -2.31. The summed E-state index contributed by atoms with van der Waals surface area (Å²) < 4.78 is 44.0. The molecule has 1 amide bonds. The highest BCUT2D eigenvalue weighted by molar-refractivity contribution is 5.76. The maximum atomic E-state index is 12.8. The molecule has 3 rings (SSSR count). The molecule has 11 heteroatoms. The highest BCUT2D eigenvalue weighted by atomic mass is 19.4. The van der Waals surface area contributed by atoms with Gasteiger partial charge in [-0.3, -0.25) is 19.8 Å². The number of nitrogens with one attached hydrogen (secondary N) is 2. The molecule has 1 aliphatic rings. The predicted octanol–water partition coefficient (Wildman–Crippen LogP) is 3.95. The van der Waals surface area contributed by atoms with Gasteiger partial charge >= 0.3 is 6.18 Å². The average molecular weight is 480 g/mol. The number of nitro groups is 1. The number of carbonyl (C=O) groups is 1. The number of benzene rings is 2. The van der Waals surface area contributed by atoms with E-state index in [-0.39, 0.29) is 30.7 Å². The summed E-state index contributed by atoms with van der Waals surface area (Å²) in [6, 6.07) is 10.2. The molecule has 0 aromatic heterocycles. The summed E-state index contributed by atoms with van der Waals surface area (Å²) in [5, 5.41) is 16.6. The summed E-state index contributed by atoms with van der Waals surface area (Å²) >= 11 is 0. The van der Waals surface area contributed by atoms with E-state index in [1.807, 2.05) is 31.2 Å². The number of carbonyl (C=O) groups excluding carboxylic acids is 1. The number of ether oxygens (including phenoxy) is 1. The van der Waals surface area contributed by atoms with Crippen LogP contribution in [0.2, 0.25) is 0 Å². The number of nitro benzene ring substituents is 1. The third-order valence-electron chi connectivity index (χ3n) is 5.40. The lowest BCUT2D eigenvalue weighted by Crippen LogP contribution is -2.40. The Balaban J connectivity index is 1.47. The minimum atomic E-state index is -4.68. The Morgan fingerprint density at radius 1 is 1.24 bits per heavy atom. The zero-order chi connectivity index (χ0) is 24.7. The van der Waals surface area contributed by atoms with E-state index in [9.17, 15) is 28.1 Å². The fraction of sp³-hybridized carbons (Fsp3) is 0.435. The molecule has 1 heterocycles. The lowest BCUT2D eigenvalue weighted by atomic mass is 10.1. The van der Waals surface area contributed by atoms with Crippen molar-refractivity contribution >= 4 is 17.3 Å². The second-order valence-electron chi connectivity index (χ2n) is 8.18. The Bertz CT molecular complexity index is 1020. The van der Waals surface area contributed by atoms with Crippen LogP contribution in [0.25, 0.3) is 0 Å². The summed E-state index contributed by atoms with van der Waals surface area (Å²) in [4.78, 5) is 24.8. The number of morpholine rings is 1. The van der Waals surface area contributed by atoms with Crippen LogP contribution >= 0.6 is 0 Å². The molecule has 1 aliphatic heterocycles. The van der Waals surface area contributed by atoms with Crippen LogP contribution in [0.4, 0.5) is 24.5 Å². The number of anilines is 1. The first-order chi connectivity index (χ1) is 16.1. The van der Waals surface area contributed by atoms with E-state index < -0.39 is 22.4 Å². The van der Waals surface area contributed by atoms with Gasteiger partial charge in [0, 0.05) is 45.2 Å². The number of hydrogen-bond acceptors (Lipinski definition) is 6. The van der Waals surface area contributed by atoms with E-state index >= 15 is 0 Å². The van der Waals surface area contributed by atoms with Gasteiger partial charge in [-0.15, -0.1) is 0 Å². The quantitative estimate of drug-likeness (QED) is 0.417. The molecule has 0 bridgehead atoms. The third kappa shape index (κ3) is 7.42. The second-order valence-corrected chi connectivity index (χ2v) is 8.18. The minimum absolute atomic E-state index is 0.00351. The van der Waals surface area contributed by atoms with Crippen molar-refractivity contribution in [3.05, 3.63) is 69.3 Å². The summed E-state index contributed by atoms with van der Waals surface area (Å²) in [5.41, 5.74) is 0.209. The van der Waals surface area contributed by atoms with Gasteiger partial charge < -0.3 is 15.4 Å². The van der Waals surface area contributed by atoms with Crippen molar-refractivity contribution < 1.29 is 27.6 Å². The van der Waals surface area contributed by atoms with Gasteiger partial charge in [0.2, 0.25) is 5.91 Å². The van der Waals surface area contributed by atoms with E-state index in [1.165, 1.54) is 0 Å². The third-order valence-corrected chi connectivity index (χ3v) is 5.40. The lowest BCUT2D eigenvalue weighted by molar-refractivity contribution is -0.384. The Morgan fingerprint density at radius 2 is 2.00 bits per heavy atom. The molecular formula is C23H27F3N4O4. The number of rotatable bonds is 9. The van der Waals surface area contributed by atoms with Gasteiger partial charge in [-0.2, -0.15) is 13.2 Å². The molecule has 1 atom stereocenters. The molecular weight excluding hydrogens is 453 g/mol. The van der Waals surface area contributed by atoms with Gasteiger partial charge in [0.15, 0.2) is 0 Å². The fourth-order valence-corrected chi connectivity index (χ4v) is 3.74. The van der Waals surface area contributed by atoms with E-state index in [0.29, 0.717) is 19.2 Å². The summed E-state index contributed by atoms with van der Waals surface area (Å²) in [6.45, 7) is 5.65. The molecule has 0 aliphatic carbocycles.